The molecule has 0 bridgehead atoms. The molecule has 0 aromatic heterocycles. The van der Waals surface area contributed by atoms with Gasteiger partial charge in [-0.2, -0.15) is 0 Å². The van der Waals surface area contributed by atoms with Crippen molar-refractivity contribution in [2.75, 3.05) is 6.61 Å². The van der Waals surface area contributed by atoms with Crippen LogP contribution in [0.3, 0.4) is 0 Å². The summed E-state index contributed by atoms with van der Waals surface area (Å²) in [7, 11) is 0. The van der Waals surface area contributed by atoms with Gasteiger partial charge in [-0.25, -0.2) is 4.79 Å². The molecule has 1 atom stereocenters. The number of carboxylic acids is 1. The highest BCUT2D eigenvalue weighted by Gasteiger charge is 2.15. The van der Waals surface area contributed by atoms with Crippen LogP contribution in [0.2, 0.25) is 0 Å². The third kappa shape index (κ3) is 10.0. The van der Waals surface area contributed by atoms with Crippen molar-refractivity contribution < 1.29 is 19.4 Å². The number of benzene rings is 1. The molecule has 160 valence electrons. The predicted molar refractivity (Wildman–Crippen MR) is 116 cm³/mol. The van der Waals surface area contributed by atoms with E-state index in [-0.39, 0.29) is 11.7 Å². The van der Waals surface area contributed by atoms with Gasteiger partial charge < -0.3 is 14.6 Å². The van der Waals surface area contributed by atoms with Crippen molar-refractivity contribution in [3.8, 4) is 11.5 Å². The van der Waals surface area contributed by atoms with Crippen LogP contribution in [0.15, 0.2) is 18.2 Å². The molecule has 0 spiro atoms. The van der Waals surface area contributed by atoms with Gasteiger partial charge >= 0.3 is 5.97 Å². The summed E-state index contributed by atoms with van der Waals surface area (Å²) in [6.07, 6.45) is 13.8. The van der Waals surface area contributed by atoms with Crippen molar-refractivity contribution in [3.05, 3.63) is 23.8 Å². The zero-order valence-electron chi connectivity index (χ0n) is 18.2. The van der Waals surface area contributed by atoms with Gasteiger partial charge in [0.05, 0.1) is 12.7 Å². The van der Waals surface area contributed by atoms with Crippen LogP contribution in [-0.2, 0) is 0 Å². The molecule has 1 unspecified atom stereocenters. The van der Waals surface area contributed by atoms with Crippen LogP contribution in [0.5, 0.6) is 11.5 Å². The van der Waals surface area contributed by atoms with Crippen molar-refractivity contribution in [1.82, 2.24) is 0 Å². The summed E-state index contributed by atoms with van der Waals surface area (Å²) in [4.78, 5) is 11.5. The molecule has 0 aliphatic carbocycles. The van der Waals surface area contributed by atoms with Crippen LogP contribution in [0.25, 0.3) is 0 Å². The Kier molecular flexibility index (Phi) is 13.2. The average Bonchev–Trinajstić information content (AvgIpc) is 2.68. The Morgan fingerprint density at radius 2 is 1.54 bits per heavy atom. The molecule has 0 aliphatic rings. The maximum atomic E-state index is 11.5. The third-order valence-electron chi connectivity index (χ3n) is 5.00. The predicted octanol–water partition coefficient (Wildman–Crippen LogP) is 7.25. The molecule has 4 nitrogen and oxygen atoms in total. The van der Waals surface area contributed by atoms with Gasteiger partial charge in [0.2, 0.25) is 0 Å². The van der Waals surface area contributed by atoms with Crippen molar-refractivity contribution in [2.45, 2.75) is 104 Å². The lowest BCUT2D eigenvalue weighted by molar-refractivity contribution is 0.0692. The summed E-state index contributed by atoms with van der Waals surface area (Å²) < 4.78 is 12.0. The highest BCUT2D eigenvalue weighted by molar-refractivity contribution is 5.91. The summed E-state index contributed by atoms with van der Waals surface area (Å²) >= 11 is 0. The molecule has 0 aliphatic heterocycles. The van der Waals surface area contributed by atoms with Gasteiger partial charge in [0.1, 0.15) is 17.1 Å². The SMILES string of the molecule is CCCCCCCOc1cc(OC(CCCC)CCCCC)ccc1C(=O)O. The number of carboxylic acid groups (broad SMARTS) is 1. The van der Waals surface area contributed by atoms with Gasteiger partial charge in [0, 0.05) is 6.07 Å². The summed E-state index contributed by atoms with van der Waals surface area (Å²) in [5.41, 5.74) is 0.206. The maximum absolute atomic E-state index is 11.5. The first-order chi connectivity index (χ1) is 13.6. The van der Waals surface area contributed by atoms with E-state index in [0.29, 0.717) is 18.1 Å². The monoisotopic (exact) mass is 392 g/mol. The van der Waals surface area contributed by atoms with Crippen molar-refractivity contribution >= 4 is 5.97 Å². The Labute approximate surface area is 171 Å². The Morgan fingerprint density at radius 3 is 2.21 bits per heavy atom. The van der Waals surface area contributed by atoms with Gasteiger partial charge in [0.15, 0.2) is 0 Å². The summed E-state index contributed by atoms with van der Waals surface area (Å²) in [5.74, 6) is 0.171. The molecule has 0 radical (unpaired) electrons. The quantitative estimate of drug-likeness (QED) is 0.284. The van der Waals surface area contributed by atoms with Crippen LogP contribution in [0.4, 0.5) is 0 Å². The third-order valence-corrected chi connectivity index (χ3v) is 5.00. The molecule has 1 N–H and O–H groups in total. The van der Waals surface area contributed by atoms with Gasteiger partial charge in [-0.1, -0.05) is 72.1 Å². The molecular weight excluding hydrogens is 352 g/mol. The van der Waals surface area contributed by atoms with Crippen LogP contribution in [0.1, 0.15) is 108 Å². The average molecular weight is 393 g/mol. The zero-order chi connectivity index (χ0) is 20.6. The maximum Gasteiger partial charge on any atom is 0.339 e. The topological polar surface area (TPSA) is 55.8 Å². The lowest BCUT2D eigenvalue weighted by atomic mass is 10.1. The normalized spacial score (nSPS) is 12.0. The highest BCUT2D eigenvalue weighted by Crippen LogP contribution is 2.28. The van der Waals surface area contributed by atoms with E-state index in [9.17, 15) is 9.90 Å². The van der Waals surface area contributed by atoms with E-state index >= 15 is 0 Å². The molecule has 0 amide bonds. The molecule has 0 saturated carbocycles. The number of ether oxygens (including phenoxy) is 2. The summed E-state index contributed by atoms with van der Waals surface area (Å²) in [5, 5.41) is 9.45. The number of hydrogen-bond acceptors (Lipinski definition) is 3. The van der Waals surface area contributed by atoms with E-state index in [1.54, 1.807) is 18.2 Å². The fourth-order valence-corrected chi connectivity index (χ4v) is 3.27. The molecular formula is C24H40O4. The first-order valence-electron chi connectivity index (χ1n) is 11.3. The largest absolute Gasteiger partial charge is 0.493 e. The smallest absolute Gasteiger partial charge is 0.339 e. The molecule has 1 aromatic rings. The van der Waals surface area contributed by atoms with Gasteiger partial charge in [-0.05, 0) is 37.8 Å². The second kappa shape index (κ2) is 15.2. The molecule has 1 rings (SSSR count). The van der Waals surface area contributed by atoms with Crippen LogP contribution >= 0.6 is 0 Å². The number of carbonyl (C=O) groups is 1. The Morgan fingerprint density at radius 1 is 0.893 bits per heavy atom. The number of hydrogen-bond donors (Lipinski definition) is 1. The molecule has 1 aromatic carbocycles. The highest BCUT2D eigenvalue weighted by atomic mass is 16.5. The standard InChI is InChI=1S/C24H40O4/c1-4-7-10-11-13-18-27-23-19-21(16-17-22(23)24(25)26)28-20(14-9-6-3)15-12-8-5-2/h16-17,19-20H,4-15,18H2,1-3H3,(H,25,26). The lowest BCUT2D eigenvalue weighted by Gasteiger charge is -2.20. The minimum absolute atomic E-state index is 0.184. The number of rotatable bonds is 17. The van der Waals surface area contributed by atoms with E-state index in [2.05, 4.69) is 20.8 Å². The Balaban J connectivity index is 2.72. The van der Waals surface area contributed by atoms with Gasteiger partial charge in [0.25, 0.3) is 0 Å². The summed E-state index contributed by atoms with van der Waals surface area (Å²) in [6, 6.07) is 5.12. The Hall–Kier alpha value is -1.71. The zero-order valence-corrected chi connectivity index (χ0v) is 18.2. The van der Waals surface area contributed by atoms with E-state index in [1.807, 2.05) is 0 Å². The summed E-state index contributed by atoms with van der Waals surface area (Å²) in [6.45, 7) is 7.13. The van der Waals surface area contributed by atoms with E-state index < -0.39 is 5.97 Å². The van der Waals surface area contributed by atoms with Crippen molar-refractivity contribution in [2.24, 2.45) is 0 Å². The van der Waals surface area contributed by atoms with Crippen LogP contribution in [0, 0.1) is 0 Å². The molecule has 0 heterocycles. The molecule has 28 heavy (non-hydrogen) atoms. The fourth-order valence-electron chi connectivity index (χ4n) is 3.27. The van der Waals surface area contributed by atoms with E-state index in [0.717, 1.165) is 38.5 Å². The first-order valence-corrected chi connectivity index (χ1v) is 11.3. The lowest BCUT2D eigenvalue weighted by Crippen LogP contribution is -2.17. The number of unbranched alkanes of at least 4 members (excludes halogenated alkanes) is 7. The van der Waals surface area contributed by atoms with Gasteiger partial charge in [-0.15, -0.1) is 0 Å². The van der Waals surface area contributed by atoms with Crippen LogP contribution < -0.4 is 9.47 Å². The van der Waals surface area contributed by atoms with Crippen molar-refractivity contribution in [1.29, 1.82) is 0 Å². The fraction of sp³-hybridized carbons (Fsp3) is 0.708. The second-order valence-electron chi connectivity index (χ2n) is 7.60. The molecule has 0 saturated heterocycles. The number of aromatic carboxylic acids is 1. The van der Waals surface area contributed by atoms with Crippen molar-refractivity contribution in [3.63, 3.8) is 0 Å². The van der Waals surface area contributed by atoms with E-state index in [1.165, 1.54) is 38.5 Å². The molecule has 4 heteroatoms. The van der Waals surface area contributed by atoms with E-state index in [4.69, 9.17) is 9.47 Å². The first kappa shape index (κ1) is 24.3. The second-order valence-corrected chi connectivity index (χ2v) is 7.60. The van der Waals surface area contributed by atoms with Gasteiger partial charge in [-0.3, -0.25) is 0 Å². The van der Waals surface area contributed by atoms with Crippen LogP contribution in [-0.4, -0.2) is 23.8 Å². The minimum Gasteiger partial charge on any atom is -0.493 e. The Bertz CT molecular complexity index is 541. The molecule has 0 fully saturated rings. The minimum atomic E-state index is -0.960.